The van der Waals surface area contributed by atoms with Gasteiger partial charge in [-0.2, -0.15) is 0 Å². The molecule has 2 nitrogen and oxygen atoms in total. The van der Waals surface area contributed by atoms with Crippen LogP contribution in [0.2, 0.25) is 0 Å². The van der Waals surface area contributed by atoms with Crippen LogP contribution in [0.4, 0.5) is 5.69 Å². The van der Waals surface area contributed by atoms with Crippen molar-refractivity contribution in [3.05, 3.63) is 18.2 Å². The Balaban J connectivity index is 2.86. The first-order valence-electron chi connectivity index (χ1n) is 6.13. The zero-order valence-corrected chi connectivity index (χ0v) is 12.2. The maximum atomic E-state index is 6.13. The third kappa shape index (κ3) is 4.15. The number of hydrogen-bond acceptors (Lipinski definition) is 3. The fourth-order valence-corrected chi connectivity index (χ4v) is 2.38. The molecule has 2 N–H and O–H groups in total. The highest BCUT2D eigenvalue weighted by atomic mass is 32.2. The second kappa shape index (κ2) is 6.20. The summed E-state index contributed by atoms with van der Waals surface area (Å²) in [6.45, 7) is 10.7. The molecule has 96 valence electrons. The molecular formula is C14H23NOS. The Labute approximate surface area is 109 Å². The predicted molar refractivity (Wildman–Crippen MR) is 76.8 cm³/mol. The van der Waals surface area contributed by atoms with Crippen molar-refractivity contribution < 1.29 is 4.74 Å². The van der Waals surface area contributed by atoms with Crippen molar-refractivity contribution in [2.24, 2.45) is 5.92 Å². The van der Waals surface area contributed by atoms with Crippen LogP contribution in [0.1, 0.15) is 34.6 Å². The van der Waals surface area contributed by atoms with E-state index in [2.05, 4.69) is 26.8 Å². The minimum Gasteiger partial charge on any atom is -0.489 e. The minimum atomic E-state index is 0.153. The highest BCUT2D eigenvalue weighted by Gasteiger charge is 2.13. The lowest BCUT2D eigenvalue weighted by molar-refractivity contribution is 0.243. The number of benzene rings is 1. The van der Waals surface area contributed by atoms with Crippen LogP contribution < -0.4 is 10.5 Å². The number of hydrogen-bond donors (Lipinski definition) is 1. The zero-order valence-electron chi connectivity index (χ0n) is 11.4. The van der Waals surface area contributed by atoms with Crippen LogP contribution >= 0.6 is 11.8 Å². The fourth-order valence-electron chi connectivity index (χ4n) is 1.32. The Morgan fingerprint density at radius 1 is 1.12 bits per heavy atom. The van der Waals surface area contributed by atoms with Gasteiger partial charge in [0, 0.05) is 10.1 Å². The highest BCUT2D eigenvalue weighted by molar-refractivity contribution is 8.00. The van der Waals surface area contributed by atoms with Crippen molar-refractivity contribution in [1.29, 1.82) is 0 Å². The smallest absolute Gasteiger partial charge is 0.143 e. The first-order valence-corrected chi connectivity index (χ1v) is 7.01. The van der Waals surface area contributed by atoms with Gasteiger partial charge in [0.1, 0.15) is 5.75 Å². The second-order valence-corrected chi connectivity index (χ2v) is 6.32. The molecule has 1 rings (SSSR count). The van der Waals surface area contributed by atoms with Gasteiger partial charge in [0.15, 0.2) is 0 Å². The topological polar surface area (TPSA) is 35.2 Å². The standard InChI is InChI=1S/C14H23NOS/c1-9(2)11(5)17-13-8-6-7-12(14(13)15)16-10(3)4/h6-11H,15H2,1-5H3. The summed E-state index contributed by atoms with van der Waals surface area (Å²) in [5.41, 5.74) is 6.90. The Bertz CT molecular complexity index is 363. The quantitative estimate of drug-likeness (QED) is 0.631. The van der Waals surface area contributed by atoms with E-state index < -0.39 is 0 Å². The van der Waals surface area contributed by atoms with Crippen molar-refractivity contribution in [1.82, 2.24) is 0 Å². The Kier molecular flexibility index (Phi) is 5.19. The van der Waals surface area contributed by atoms with Crippen LogP contribution in [0.5, 0.6) is 5.75 Å². The van der Waals surface area contributed by atoms with E-state index in [4.69, 9.17) is 10.5 Å². The number of rotatable bonds is 5. The number of para-hydroxylation sites is 1. The summed E-state index contributed by atoms with van der Waals surface area (Å²) in [4.78, 5) is 1.12. The van der Waals surface area contributed by atoms with E-state index in [0.717, 1.165) is 16.3 Å². The maximum Gasteiger partial charge on any atom is 0.143 e. The average Bonchev–Trinajstić information content (AvgIpc) is 2.23. The summed E-state index contributed by atoms with van der Waals surface area (Å²) in [5, 5.41) is 0.548. The van der Waals surface area contributed by atoms with Crippen molar-refractivity contribution in [3.8, 4) is 5.75 Å². The summed E-state index contributed by atoms with van der Waals surface area (Å²) in [5.74, 6) is 1.43. The largest absolute Gasteiger partial charge is 0.489 e. The van der Waals surface area contributed by atoms with Gasteiger partial charge >= 0.3 is 0 Å². The normalized spacial score (nSPS) is 13.1. The SMILES string of the molecule is CC(C)Oc1cccc(SC(C)C(C)C)c1N. The first-order chi connectivity index (χ1) is 7.91. The van der Waals surface area contributed by atoms with Crippen molar-refractivity contribution in [2.45, 2.75) is 50.9 Å². The van der Waals surface area contributed by atoms with Crippen LogP contribution in [-0.2, 0) is 0 Å². The molecule has 0 bridgehead atoms. The van der Waals surface area contributed by atoms with Crippen LogP contribution in [0.15, 0.2) is 23.1 Å². The van der Waals surface area contributed by atoms with Crippen LogP contribution in [0.25, 0.3) is 0 Å². The first kappa shape index (κ1) is 14.2. The van der Waals surface area contributed by atoms with Gasteiger partial charge in [-0.05, 0) is 31.9 Å². The average molecular weight is 253 g/mol. The van der Waals surface area contributed by atoms with E-state index >= 15 is 0 Å². The molecule has 1 unspecified atom stereocenters. The number of thioether (sulfide) groups is 1. The van der Waals surface area contributed by atoms with E-state index in [1.165, 1.54) is 0 Å². The second-order valence-electron chi connectivity index (χ2n) is 4.90. The van der Waals surface area contributed by atoms with Gasteiger partial charge in [-0.1, -0.05) is 26.8 Å². The molecule has 0 saturated carbocycles. The molecule has 0 fully saturated rings. The van der Waals surface area contributed by atoms with Gasteiger partial charge < -0.3 is 10.5 Å². The molecule has 0 spiro atoms. The van der Waals surface area contributed by atoms with E-state index in [9.17, 15) is 0 Å². The summed E-state index contributed by atoms with van der Waals surface area (Å²) >= 11 is 1.81. The lowest BCUT2D eigenvalue weighted by atomic mass is 10.2. The van der Waals surface area contributed by atoms with E-state index in [1.807, 2.05) is 37.7 Å². The number of nitrogens with two attached hydrogens (primary N) is 1. The number of ether oxygens (including phenoxy) is 1. The van der Waals surface area contributed by atoms with Crippen molar-refractivity contribution >= 4 is 17.4 Å². The van der Waals surface area contributed by atoms with E-state index in [0.29, 0.717) is 11.2 Å². The van der Waals surface area contributed by atoms with Gasteiger partial charge in [0.25, 0.3) is 0 Å². The Morgan fingerprint density at radius 2 is 1.76 bits per heavy atom. The zero-order chi connectivity index (χ0) is 13.0. The Hall–Kier alpha value is -0.830. The fraction of sp³-hybridized carbons (Fsp3) is 0.571. The molecule has 0 saturated heterocycles. The third-order valence-electron chi connectivity index (χ3n) is 2.64. The van der Waals surface area contributed by atoms with Crippen LogP contribution in [0, 0.1) is 5.92 Å². The monoisotopic (exact) mass is 253 g/mol. The molecule has 0 radical (unpaired) electrons. The van der Waals surface area contributed by atoms with E-state index in [-0.39, 0.29) is 6.10 Å². The third-order valence-corrected chi connectivity index (χ3v) is 4.17. The van der Waals surface area contributed by atoms with Crippen LogP contribution in [-0.4, -0.2) is 11.4 Å². The van der Waals surface area contributed by atoms with Gasteiger partial charge in [0.2, 0.25) is 0 Å². The van der Waals surface area contributed by atoms with Gasteiger partial charge in [-0.25, -0.2) is 0 Å². The predicted octanol–water partition coefficient (Wildman–Crippen LogP) is 4.19. The van der Waals surface area contributed by atoms with Crippen molar-refractivity contribution in [3.63, 3.8) is 0 Å². The van der Waals surface area contributed by atoms with Gasteiger partial charge in [-0.15, -0.1) is 11.8 Å². The summed E-state index contributed by atoms with van der Waals surface area (Å²) in [6.07, 6.45) is 0.153. The van der Waals surface area contributed by atoms with E-state index in [1.54, 1.807) is 0 Å². The molecule has 0 aliphatic rings. The number of anilines is 1. The lowest BCUT2D eigenvalue weighted by Crippen LogP contribution is -2.09. The molecule has 0 heterocycles. The molecule has 3 heteroatoms. The summed E-state index contributed by atoms with van der Waals surface area (Å²) < 4.78 is 5.69. The van der Waals surface area contributed by atoms with Crippen LogP contribution in [0.3, 0.4) is 0 Å². The molecule has 17 heavy (non-hydrogen) atoms. The molecule has 0 aliphatic heterocycles. The molecule has 1 aromatic rings. The summed E-state index contributed by atoms with van der Waals surface area (Å²) in [6, 6.07) is 5.99. The molecular weight excluding hydrogens is 230 g/mol. The van der Waals surface area contributed by atoms with Gasteiger partial charge in [0.05, 0.1) is 11.8 Å². The molecule has 0 aliphatic carbocycles. The summed E-state index contributed by atoms with van der Waals surface area (Å²) in [7, 11) is 0. The number of nitrogen functional groups attached to an aromatic ring is 1. The molecule has 0 aromatic heterocycles. The molecule has 1 aromatic carbocycles. The van der Waals surface area contributed by atoms with Gasteiger partial charge in [-0.3, -0.25) is 0 Å². The maximum absolute atomic E-state index is 6.13. The Morgan fingerprint density at radius 3 is 2.29 bits per heavy atom. The lowest BCUT2D eigenvalue weighted by Gasteiger charge is -2.18. The minimum absolute atomic E-state index is 0.153. The van der Waals surface area contributed by atoms with Crippen molar-refractivity contribution in [2.75, 3.05) is 5.73 Å². The molecule has 0 amide bonds. The molecule has 1 atom stereocenters. The highest BCUT2D eigenvalue weighted by Crippen LogP contribution is 2.37.